The lowest BCUT2D eigenvalue weighted by Crippen LogP contribution is -2.44. The number of nitrogen functional groups attached to an aromatic ring is 1. The predicted molar refractivity (Wildman–Crippen MR) is 132 cm³/mol. The number of aromatic nitrogens is 1. The number of primary amides is 1. The zero-order valence-corrected chi connectivity index (χ0v) is 21.0. The van der Waals surface area contributed by atoms with Crippen LogP contribution in [0.15, 0.2) is 34.7 Å². The van der Waals surface area contributed by atoms with E-state index in [1.807, 2.05) is 0 Å². The molecule has 192 valence electrons. The first-order valence-corrected chi connectivity index (χ1v) is 11.4. The molecule has 3 amide bonds. The highest BCUT2D eigenvalue weighted by molar-refractivity contribution is 7.09. The lowest BCUT2D eigenvalue weighted by Gasteiger charge is -2.31. The van der Waals surface area contributed by atoms with E-state index in [1.165, 1.54) is 27.4 Å². The molecule has 0 saturated heterocycles. The molecule has 12 nitrogen and oxygen atoms in total. The summed E-state index contributed by atoms with van der Waals surface area (Å²) in [5.74, 6) is -0.809. The number of hydrogen-bond acceptors (Lipinski definition) is 10. The molecule has 36 heavy (non-hydrogen) atoms. The van der Waals surface area contributed by atoms with Gasteiger partial charge in [-0.15, -0.1) is 0 Å². The summed E-state index contributed by atoms with van der Waals surface area (Å²) in [6, 6.07) is 6.72. The summed E-state index contributed by atoms with van der Waals surface area (Å²) in [5.41, 5.74) is 11.2. The number of amides is 3. The fraction of sp³-hybridized carbons (Fsp3) is 0.304. The number of furan rings is 1. The van der Waals surface area contributed by atoms with Gasteiger partial charge in [-0.05, 0) is 42.7 Å². The quantitative estimate of drug-likeness (QED) is 0.321. The SMILES string of the molecule is COCCNC(=O)C(c1ccc(C)o1)N(C(=O)c1snc(C(N)=O)c1N)c1cc(OC)ccc1OC. The van der Waals surface area contributed by atoms with Crippen LogP contribution in [-0.4, -0.2) is 56.6 Å². The maximum Gasteiger partial charge on any atom is 0.273 e. The summed E-state index contributed by atoms with van der Waals surface area (Å²) in [4.78, 5) is 40.4. The lowest BCUT2D eigenvalue weighted by atomic mass is 10.1. The van der Waals surface area contributed by atoms with Crippen LogP contribution < -0.4 is 31.2 Å². The molecule has 3 aromatic rings. The van der Waals surface area contributed by atoms with E-state index in [2.05, 4.69) is 9.69 Å². The van der Waals surface area contributed by atoms with E-state index < -0.39 is 23.8 Å². The number of benzene rings is 1. The molecule has 0 spiro atoms. The van der Waals surface area contributed by atoms with Gasteiger partial charge in [0.05, 0.1) is 32.2 Å². The van der Waals surface area contributed by atoms with Crippen LogP contribution in [0, 0.1) is 6.92 Å². The van der Waals surface area contributed by atoms with Crippen LogP contribution in [0.1, 0.15) is 37.7 Å². The molecule has 5 N–H and O–H groups in total. The number of carbonyl (C=O) groups is 3. The predicted octanol–water partition coefficient (Wildman–Crippen LogP) is 1.89. The number of nitrogens with one attached hydrogen (secondary N) is 1. The van der Waals surface area contributed by atoms with Gasteiger partial charge in [-0.1, -0.05) is 0 Å². The minimum Gasteiger partial charge on any atom is -0.497 e. The Morgan fingerprint density at radius 3 is 2.47 bits per heavy atom. The second-order valence-electron chi connectivity index (χ2n) is 7.49. The highest BCUT2D eigenvalue weighted by atomic mass is 32.1. The monoisotopic (exact) mass is 517 g/mol. The van der Waals surface area contributed by atoms with Crippen molar-refractivity contribution >= 4 is 40.6 Å². The van der Waals surface area contributed by atoms with E-state index in [4.69, 9.17) is 30.1 Å². The number of hydrogen-bond donors (Lipinski definition) is 3. The molecule has 1 atom stereocenters. The van der Waals surface area contributed by atoms with Gasteiger partial charge in [-0.25, -0.2) is 0 Å². The van der Waals surface area contributed by atoms with Crippen molar-refractivity contribution in [1.82, 2.24) is 9.69 Å². The standard InChI is InChI=1S/C23H27N5O7S/c1-12-5-7-16(35-12)19(22(30)26-9-10-32-2)28(14-11-13(33-3)6-8-15(14)34-4)23(31)20-17(24)18(21(25)29)27-36-20/h5-8,11,19H,9-10,24H2,1-4H3,(H2,25,29)(H,26,30). The summed E-state index contributed by atoms with van der Waals surface area (Å²) in [5, 5.41) is 2.74. The van der Waals surface area contributed by atoms with Crippen LogP contribution in [0.5, 0.6) is 11.5 Å². The van der Waals surface area contributed by atoms with Crippen LogP contribution in [0.3, 0.4) is 0 Å². The van der Waals surface area contributed by atoms with Gasteiger partial charge in [-0.3, -0.25) is 19.3 Å². The van der Waals surface area contributed by atoms with Crippen molar-refractivity contribution in [3.8, 4) is 11.5 Å². The molecule has 1 aromatic carbocycles. The third-order valence-electron chi connectivity index (χ3n) is 5.16. The fourth-order valence-corrected chi connectivity index (χ4v) is 4.18. The normalized spacial score (nSPS) is 11.6. The van der Waals surface area contributed by atoms with Crippen LogP contribution in [0.2, 0.25) is 0 Å². The largest absolute Gasteiger partial charge is 0.497 e. The van der Waals surface area contributed by atoms with Crippen LogP contribution in [-0.2, 0) is 9.53 Å². The first-order valence-electron chi connectivity index (χ1n) is 10.7. The third-order valence-corrected chi connectivity index (χ3v) is 6.01. The number of rotatable bonds is 11. The number of nitrogens with zero attached hydrogens (tertiary/aromatic N) is 2. The number of anilines is 2. The molecule has 0 saturated carbocycles. The number of ether oxygens (including phenoxy) is 3. The molecule has 2 aromatic heterocycles. The molecular formula is C23H27N5O7S. The van der Waals surface area contributed by atoms with Crippen molar-refractivity contribution in [2.45, 2.75) is 13.0 Å². The van der Waals surface area contributed by atoms with E-state index in [0.717, 1.165) is 4.90 Å². The van der Waals surface area contributed by atoms with Gasteiger partial charge in [0.25, 0.3) is 17.7 Å². The second kappa shape index (κ2) is 11.6. The van der Waals surface area contributed by atoms with Crippen molar-refractivity contribution in [3.63, 3.8) is 0 Å². The third kappa shape index (κ3) is 5.42. The Hall–Kier alpha value is -4.10. The minimum absolute atomic E-state index is 0.0911. The van der Waals surface area contributed by atoms with E-state index in [9.17, 15) is 14.4 Å². The van der Waals surface area contributed by atoms with Crippen LogP contribution in [0.25, 0.3) is 0 Å². The van der Waals surface area contributed by atoms with Crippen molar-refractivity contribution in [2.24, 2.45) is 5.73 Å². The molecule has 0 aliphatic rings. The van der Waals surface area contributed by atoms with E-state index in [-0.39, 0.29) is 46.6 Å². The Labute approximate surface area is 211 Å². The molecule has 13 heteroatoms. The zero-order valence-electron chi connectivity index (χ0n) is 20.2. The number of aryl methyl sites for hydroxylation is 1. The lowest BCUT2D eigenvalue weighted by molar-refractivity contribution is -0.123. The van der Waals surface area contributed by atoms with Crippen molar-refractivity contribution in [1.29, 1.82) is 0 Å². The Kier molecular flexibility index (Phi) is 8.51. The number of carbonyl (C=O) groups excluding carboxylic acids is 3. The molecule has 1 unspecified atom stereocenters. The van der Waals surface area contributed by atoms with Crippen LogP contribution >= 0.6 is 11.5 Å². The maximum absolute atomic E-state index is 14.0. The molecule has 0 radical (unpaired) electrons. The van der Waals surface area contributed by atoms with Gasteiger partial charge < -0.3 is 35.4 Å². The zero-order chi connectivity index (χ0) is 26.4. The topological polar surface area (TPSA) is 172 Å². The molecule has 0 aliphatic carbocycles. The number of nitrogens with two attached hydrogens (primary N) is 2. The smallest absolute Gasteiger partial charge is 0.273 e. The highest BCUT2D eigenvalue weighted by Gasteiger charge is 2.39. The summed E-state index contributed by atoms with van der Waals surface area (Å²) >= 11 is 0.689. The summed E-state index contributed by atoms with van der Waals surface area (Å²) in [6.07, 6.45) is 0. The average Bonchev–Trinajstić information content (AvgIpc) is 3.46. The van der Waals surface area contributed by atoms with Crippen molar-refractivity contribution < 1.29 is 33.0 Å². The molecule has 3 rings (SSSR count). The summed E-state index contributed by atoms with van der Waals surface area (Å²) in [6.45, 7) is 2.13. The first kappa shape index (κ1) is 26.5. The summed E-state index contributed by atoms with van der Waals surface area (Å²) in [7, 11) is 4.38. The van der Waals surface area contributed by atoms with Gasteiger partial charge in [0, 0.05) is 19.7 Å². The van der Waals surface area contributed by atoms with Gasteiger partial charge >= 0.3 is 0 Å². The minimum atomic E-state index is -1.30. The van der Waals surface area contributed by atoms with E-state index in [1.54, 1.807) is 31.2 Å². The van der Waals surface area contributed by atoms with Gasteiger partial charge in [0.1, 0.15) is 27.9 Å². The second-order valence-corrected chi connectivity index (χ2v) is 8.26. The molecule has 0 fully saturated rings. The number of methoxy groups -OCH3 is 3. The Morgan fingerprint density at radius 2 is 1.92 bits per heavy atom. The Balaban J connectivity index is 2.26. The highest BCUT2D eigenvalue weighted by Crippen LogP contribution is 2.40. The summed E-state index contributed by atoms with van der Waals surface area (Å²) < 4.78 is 25.6. The molecule has 0 aliphatic heterocycles. The van der Waals surface area contributed by atoms with Crippen molar-refractivity contribution in [3.05, 3.63) is 52.4 Å². The van der Waals surface area contributed by atoms with E-state index >= 15 is 0 Å². The van der Waals surface area contributed by atoms with Crippen molar-refractivity contribution in [2.75, 3.05) is 45.1 Å². The fourth-order valence-electron chi connectivity index (χ4n) is 3.44. The van der Waals surface area contributed by atoms with Gasteiger partial charge in [0.2, 0.25) is 0 Å². The van der Waals surface area contributed by atoms with E-state index in [0.29, 0.717) is 23.0 Å². The first-order chi connectivity index (χ1) is 17.2. The molecular weight excluding hydrogens is 490 g/mol. The van der Waals surface area contributed by atoms with Gasteiger partial charge in [-0.2, -0.15) is 4.37 Å². The van der Waals surface area contributed by atoms with Crippen LogP contribution in [0.4, 0.5) is 11.4 Å². The molecule has 0 bridgehead atoms. The average molecular weight is 518 g/mol. The maximum atomic E-state index is 14.0. The Bertz CT molecular complexity index is 1260. The van der Waals surface area contributed by atoms with Gasteiger partial charge in [0.15, 0.2) is 11.7 Å². The Morgan fingerprint density at radius 1 is 1.17 bits per heavy atom. The molecule has 2 heterocycles.